The van der Waals surface area contributed by atoms with Gasteiger partial charge in [0, 0.05) is 38.4 Å². The van der Waals surface area contributed by atoms with Gasteiger partial charge in [0.1, 0.15) is 11.7 Å². The van der Waals surface area contributed by atoms with E-state index in [4.69, 9.17) is 13.9 Å². The molecule has 238 valence electrons. The Morgan fingerprint density at radius 2 is 1.71 bits per heavy atom. The molecule has 2 saturated heterocycles. The molecule has 2 amide bonds. The summed E-state index contributed by atoms with van der Waals surface area (Å²) in [5.74, 6) is 0.0678. The zero-order valence-electron chi connectivity index (χ0n) is 26.2. The summed E-state index contributed by atoms with van der Waals surface area (Å²) in [6.45, 7) is 19.2. The monoisotopic (exact) mass is 617 g/mol. The van der Waals surface area contributed by atoms with Crippen LogP contribution in [0.4, 0.5) is 23.9 Å². The number of alkyl carbamates (subject to hydrolysis) is 1. The molecule has 3 rings (SSSR count). The van der Waals surface area contributed by atoms with E-state index in [1.807, 2.05) is 9.80 Å². The number of amides is 2. The smallest absolute Gasteiger partial charge is 0.419 e. The summed E-state index contributed by atoms with van der Waals surface area (Å²) in [5.41, 5.74) is -1.52. The molecule has 10 nitrogen and oxygen atoms in total. The van der Waals surface area contributed by atoms with Crippen LogP contribution in [-0.2, 0) is 24.9 Å². The highest BCUT2D eigenvalue weighted by Crippen LogP contribution is 2.39. The Morgan fingerprint density at radius 1 is 1.10 bits per heavy atom. The van der Waals surface area contributed by atoms with Crippen molar-refractivity contribution in [3.63, 3.8) is 0 Å². The Balaban J connectivity index is 1.70. The van der Waals surface area contributed by atoms with Crippen LogP contribution >= 0.6 is 0 Å². The second kappa shape index (κ2) is 12.6. The fraction of sp³-hybridized carbons (Fsp3) is 0.786. The molecule has 0 bridgehead atoms. The number of hydrogen-bond acceptors (Lipinski definition) is 8. The van der Waals surface area contributed by atoms with E-state index in [2.05, 4.69) is 49.1 Å². The average Bonchev–Trinajstić information content (AvgIpc) is 3.20. The fourth-order valence-electron chi connectivity index (χ4n) is 4.71. The van der Waals surface area contributed by atoms with E-state index in [0.717, 1.165) is 12.4 Å². The number of carbonyl (C=O) groups excluding carboxylic acids is 2. The molecule has 2 unspecified atom stereocenters. The van der Waals surface area contributed by atoms with E-state index in [-0.39, 0.29) is 41.7 Å². The maximum atomic E-state index is 13.5. The lowest BCUT2D eigenvalue weighted by molar-refractivity contribution is -0.141. The minimum absolute atomic E-state index is 0.0946. The van der Waals surface area contributed by atoms with Crippen molar-refractivity contribution in [2.45, 2.75) is 116 Å². The molecule has 0 spiro atoms. The SMILES string of the molecule is CC(COC1CCN([C@H]2CCN(c3ncc(C(F)(F)F)cn3)C[C@@H]2O[Si](C)(C)C(C)(C)C)C1=O)NC(=O)OC(C)(C)C. The van der Waals surface area contributed by atoms with E-state index in [0.29, 0.717) is 32.5 Å². The van der Waals surface area contributed by atoms with E-state index in [9.17, 15) is 22.8 Å². The van der Waals surface area contributed by atoms with Crippen molar-refractivity contribution < 1.29 is 36.7 Å². The lowest BCUT2D eigenvalue weighted by atomic mass is 10.0. The minimum Gasteiger partial charge on any atom is -0.444 e. The molecule has 1 aromatic heterocycles. The maximum absolute atomic E-state index is 13.5. The van der Waals surface area contributed by atoms with Gasteiger partial charge in [0.15, 0.2) is 8.32 Å². The Morgan fingerprint density at radius 3 is 2.26 bits per heavy atom. The molecule has 0 saturated carbocycles. The van der Waals surface area contributed by atoms with Crippen LogP contribution in [0.25, 0.3) is 0 Å². The second-order valence-electron chi connectivity index (χ2n) is 13.7. The number of alkyl halides is 3. The zero-order valence-corrected chi connectivity index (χ0v) is 27.2. The third-order valence-corrected chi connectivity index (χ3v) is 12.4. The summed E-state index contributed by atoms with van der Waals surface area (Å²) in [6, 6.07) is -0.591. The van der Waals surface area contributed by atoms with Gasteiger partial charge in [-0.2, -0.15) is 13.2 Å². The number of ether oxygens (including phenoxy) is 2. The number of hydrogen-bond donors (Lipinski definition) is 1. The van der Waals surface area contributed by atoms with Gasteiger partial charge in [-0.15, -0.1) is 0 Å². The number of piperidine rings is 1. The normalized spacial score (nSPS) is 23.2. The molecule has 0 aliphatic carbocycles. The largest absolute Gasteiger partial charge is 0.444 e. The highest BCUT2D eigenvalue weighted by atomic mass is 28.4. The van der Waals surface area contributed by atoms with Gasteiger partial charge >= 0.3 is 12.3 Å². The number of nitrogens with one attached hydrogen (secondary N) is 1. The number of aromatic nitrogens is 2. The number of likely N-dealkylation sites (tertiary alicyclic amines) is 1. The van der Waals surface area contributed by atoms with E-state index < -0.39 is 37.9 Å². The van der Waals surface area contributed by atoms with E-state index in [1.54, 1.807) is 27.7 Å². The van der Waals surface area contributed by atoms with Crippen molar-refractivity contribution in [3.05, 3.63) is 18.0 Å². The first-order valence-electron chi connectivity index (χ1n) is 14.4. The van der Waals surface area contributed by atoms with Gasteiger partial charge in [0.2, 0.25) is 5.95 Å². The predicted molar refractivity (Wildman–Crippen MR) is 155 cm³/mol. The molecule has 2 aliphatic rings. The standard InChI is InChI=1S/C28H46F3N5O5Si/c1-18(34-25(38)40-26(2,3)4)17-39-21-11-13-36(23(21)37)20-10-12-35(16-22(20)41-42(8,9)27(5,6)7)24-32-14-19(15-33-24)28(29,30)31/h14-15,18,20-22H,10-13,16-17H2,1-9H3,(H,34,38)/t18?,20-,21?,22-/m0/s1. The summed E-state index contributed by atoms with van der Waals surface area (Å²) in [7, 11) is -2.29. The van der Waals surface area contributed by atoms with Crippen LogP contribution in [0, 0.1) is 0 Å². The van der Waals surface area contributed by atoms with Crippen molar-refractivity contribution in [2.75, 3.05) is 31.1 Å². The summed E-state index contributed by atoms with van der Waals surface area (Å²) in [5, 5.41) is 2.63. The van der Waals surface area contributed by atoms with Gasteiger partial charge in [0.25, 0.3) is 5.91 Å². The maximum Gasteiger partial charge on any atom is 0.419 e. The van der Waals surface area contributed by atoms with Gasteiger partial charge < -0.3 is 29.0 Å². The first-order chi connectivity index (χ1) is 19.2. The quantitative estimate of drug-likeness (QED) is 0.407. The molecule has 2 aliphatic heterocycles. The minimum atomic E-state index is -4.52. The summed E-state index contributed by atoms with van der Waals surface area (Å²) in [4.78, 5) is 37.2. The van der Waals surface area contributed by atoms with Crippen molar-refractivity contribution in [1.29, 1.82) is 0 Å². The Kier molecular flexibility index (Phi) is 10.3. The van der Waals surface area contributed by atoms with Crippen LogP contribution in [0.15, 0.2) is 12.4 Å². The second-order valence-corrected chi connectivity index (χ2v) is 18.4. The number of nitrogens with zero attached hydrogens (tertiary/aromatic N) is 4. The molecule has 1 N–H and O–H groups in total. The zero-order chi connectivity index (χ0) is 31.7. The van der Waals surface area contributed by atoms with Gasteiger partial charge in [-0.25, -0.2) is 14.8 Å². The molecule has 14 heteroatoms. The predicted octanol–water partition coefficient (Wildman–Crippen LogP) is 5.00. The Labute approximate surface area is 247 Å². The topological polar surface area (TPSA) is 106 Å². The third-order valence-electron chi connectivity index (χ3n) is 7.93. The molecular formula is C28H46F3N5O5Si. The molecule has 1 aromatic rings. The molecular weight excluding hydrogens is 571 g/mol. The van der Waals surface area contributed by atoms with Gasteiger partial charge in [-0.05, 0) is 52.2 Å². The number of rotatable bonds is 8. The number of halogens is 3. The summed E-state index contributed by atoms with van der Waals surface area (Å²) >= 11 is 0. The highest BCUT2D eigenvalue weighted by Gasteiger charge is 2.47. The summed E-state index contributed by atoms with van der Waals surface area (Å²) in [6.07, 6.45) is -3.46. The van der Waals surface area contributed by atoms with E-state index >= 15 is 0 Å². The summed E-state index contributed by atoms with van der Waals surface area (Å²) < 4.78 is 57.2. The van der Waals surface area contributed by atoms with Crippen LogP contribution in [0.1, 0.15) is 66.9 Å². The molecule has 42 heavy (non-hydrogen) atoms. The van der Waals surface area contributed by atoms with E-state index in [1.165, 1.54) is 0 Å². The number of carbonyl (C=O) groups is 2. The van der Waals surface area contributed by atoms with Gasteiger partial charge in [-0.3, -0.25) is 4.79 Å². The van der Waals surface area contributed by atoms with Crippen LogP contribution in [0.2, 0.25) is 18.1 Å². The van der Waals surface area contributed by atoms with Crippen molar-refractivity contribution in [3.8, 4) is 0 Å². The Bertz CT molecular complexity index is 1090. The van der Waals surface area contributed by atoms with Crippen LogP contribution < -0.4 is 10.2 Å². The third kappa shape index (κ3) is 8.79. The lowest BCUT2D eigenvalue weighted by Crippen LogP contribution is -2.60. The Hall–Kier alpha value is -2.45. The van der Waals surface area contributed by atoms with Crippen LogP contribution in [0.3, 0.4) is 0 Å². The van der Waals surface area contributed by atoms with Crippen molar-refractivity contribution in [2.24, 2.45) is 0 Å². The van der Waals surface area contributed by atoms with Gasteiger partial charge in [-0.1, -0.05) is 20.8 Å². The molecule has 0 aromatic carbocycles. The molecule has 3 heterocycles. The first-order valence-corrected chi connectivity index (χ1v) is 17.3. The molecule has 2 fully saturated rings. The van der Waals surface area contributed by atoms with Gasteiger partial charge in [0.05, 0.1) is 30.4 Å². The number of anilines is 1. The fourth-order valence-corrected chi connectivity index (χ4v) is 6.06. The molecule has 4 atom stereocenters. The van der Waals surface area contributed by atoms with Crippen LogP contribution in [-0.4, -0.2) is 91.3 Å². The molecule has 0 radical (unpaired) electrons. The van der Waals surface area contributed by atoms with Crippen molar-refractivity contribution >= 4 is 26.3 Å². The van der Waals surface area contributed by atoms with Crippen LogP contribution in [0.5, 0.6) is 0 Å². The first kappa shape index (κ1) is 34.0. The van der Waals surface area contributed by atoms with Crippen molar-refractivity contribution in [1.82, 2.24) is 20.2 Å². The average molecular weight is 618 g/mol. The lowest BCUT2D eigenvalue weighted by Gasteiger charge is -2.47. The highest BCUT2D eigenvalue weighted by molar-refractivity contribution is 6.74.